The van der Waals surface area contributed by atoms with E-state index in [-0.39, 0.29) is 0 Å². The zero-order valence-electron chi connectivity index (χ0n) is 11.7. The summed E-state index contributed by atoms with van der Waals surface area (Å²) in [4.78, 5) is 8.18. The van der Waals surface area contributed by atoms with Gasteiger partial charge in [-0.15, -0.1) is 11.3 Å². The monoisotopic (exact) mass is 301 g/mol. The fraction of sp³-hybridized carbons (Fsp3) is 0.333. The minimum absolute atomic E-state index is 0.741. The van der Waals surface area contributed by atoms with Gasteiger partial charge in [0, 0.05) is 13.1 Å². The van der Waals surface area contributed by atoms with E-state index in [1.165, 1.54) is 0 Å². The second-order valence-electron chi connectivity index (χ2n) is 5.05. The number of fused-ring (bicyclic) bond motifs is 1. The number of ether oxygens (including phenoxy) is 1. The smallest absolute Gasteiger partial charge is 0.208 e. The first-order valence-corrected chi connectivity index (χ1v) is 7.84. The molecule has 0 radical (unpaired) electrons. The second-order valence-corrected chi connectivity index (χ2v) is 6.00. The fourth-order valence-corrected chi connectivity index (χ4v) is 3.29. The summed E-state index contributed by atoms with van der Waals surface area (Å²) < 4.78 is 11.0. The minimum atomic E-state index is 0.741. The van der Waals surface area contributed by atoms with Gasteiger partial charge in [-0.3, -0.25) is 0 Å². The molecule has 0 bridgehead atoms. The molecule has 4 heterocycles. The van der Waals surface area contributed by atoms with Gasteiger partial charge in [0.05, 0.1) is 29.5 Å². The summed E-state index contributed by atoms with van der Waals surface area (Å²) in [7, 11) is 0. The second kappa shape index (κ2) is 5.13. The average Bonchev–Trinajstić information content (AvgIpc) is 3.18. The standard InChI is InChI=1S/C15H15N3O2S/c1-10-14-15(20-17-10)12(18-4-6-19-7-5-18)9-11(16-14)13-3-2-8-21-13/h2-3,8-9H,4-7H2,1H3. The summed E-state index contributed by atoms with van der Waals surface area (Å²) in [5.41, 5.74) is 4.49. The lowest BCUT2D eigenvalue weighted by Crippen LogP contribution is -2.36. The van der Waals surface area contributed by atoms with Gasteiger partial charge < -0.3 is 14.2 Å². The number of rotatable bonds is 2. The molecular weight excluding hydrogens is 286 g/mol. The first-order chi connectivity index (χ1) is 10.3. The molecule has 5 nitrogen and oxygen atoms in total. The lowest BCUT2D eigenvalue weighted by atomic mass is 10.2. The van der Waals surface area contributed by atoms with Crippen LogP contribution in [0, 0.1) is 6.92 Å². The van der Waals surface area contributed by atoms with Crippen molar-refractivity contribution in [2.24, 2.45) is 0 Å². The van der Waals surface area contributed by atoms with Crippen LogP contribution >= 0.6 is 11.3 Å². The van der Waals surface area contributed by atoms with Crippen molar-refractivity contribution in [3.8, 4) is 10.6 Å². The third-order valence-corrected chi connectivity index (χ3v) is 4.59. The van der Waals surface area contributed by atoms with Crippen LogP contribution in [0.1, 0.15) is 5.69 Å². The largest absolute Gasteiger partial charge is 0.378 e. The van der Waals surface area contributed by atoms with Crippen LogP contribution in [0.4, 0.5) is 5.69 Å². The summed E-state index contributed by atoms with van der Waals surface area (Å²) in [5, 5.41) is 6.15. The lowest BCUT2D eigenvalue weighted by Gasteiger charge is -2.28. The Morgan fingerprint density at radius 2 is 2.14 bits per heavy atom. The Kier molecular flexibility index (Phi) is 3.12. The number of nitrogens with zero attached hydrogens (tertiary/aromatic N) is 3. The zero-order chi connectivity index (χ0) is 14.2. The van der Waals surface area contributed by atoms with Gasteiger partial charge in [0.2, 0.25) is 5.58 Å². The maximum Gasteiger partial charge on any atom is 0.208 e. The van der Waals surface area contributed by atoms with Gasteiger partial charge in [-0.2, -0.15) is 0 Å². The zero-order valence-corrected chi connectivity index (χ0v) is 12.5. The van der Waals surface area contributed by atoms with Crippen LogP contribution in [-0.4, -0.2) is 36.4 Å². The molecule has 1 fully saturated rings. The molecule has 1 saturated heterocycles. The van der Waals surface area contributed by atoms with Gasteiger partial charge in [-0.25, -0.2) is 4.98 Å². The summed E-state index contributed by atoms with van der Waals surface area (Å²) in [6.45, 7) is 5.14. The highest BCUT2D eigenvalue weighted by Crippen LogP contribution is 2.34. The Morgan fingerprint density at radius 3 is 2.90 bits per heavy atom. The number of pyridine rings is 1. The number of hydrogen-bond donors (Lipinski definition) is 0. The van der Waals surface area contributed by atoms with Gasteiger partial charge in [-0.05, 0) is 24.4 Å². The van der Waals surface area contributed by atoms with E-state index in [0.29, 0.717) is 0 Å². The third-order valence-electron chi connectivity index (χ3n) is 3.70. The molecule has 1 aliphatic heterocycles. The van der Waals surface area contributed by atoms with E-state index >= 15 is 0 Å². The Bertz CT molecular complexity index is 761. The first-order valence-electron chi connectivity index (χ1n) is 6.96. The summed E-state index contributed by atoms with van der Waals surface area (Å²) in [5.74, 6) is 0. The molecule has 0 amide bonds. The van der Waals surface area contributed by atoms with Crippen molar-refractivity contribution in [3.63, 3.8) is 0 Å². The maximum atomic E-state index is 5.51. The molecule has 0 N–H and O–H groups in total. The highest BCUT2D eigenvalue weighted by molar-refractivity contribution is 7.13. The van der Waals surface area contributed by atoms with Crippen LogP contribution in [0.5, 0.6) is 0 Å². The molecule has 0 unspecified atom stereocenters. The predicted molar refractivity (Wildman–Crippen MR) is 82.9 cm³/mol. The molecule has 21 heavy (non-hydrogen) atoms. The van der Waals surface area contributed by atoms with Crippen LogP contribution in [0.15, 0.2) is 28.1 Å². The van der Waals surface area contributed by atoms with E-state index in [1.807, 2.05) is 13.0 Å². The number of morpholine rings is 1. The van der Waals surface area contributed by atoms with E-state index in [2.05, 4.69) is 27.6 Å². The molecular formula is C15H15N3O2S. The van der Waals surface area contributed by atoms with Crippen LogP contribution in [0.3, 0.4) is 0 Å². The van der Waals surface area contributed by atoms with Crippen LogP contribution in [0.25, 0.3) is 21.7 Å². The van der Waals surface area contributed by atoms with Crippen LogP contribution in [-0.2, 0) is 4.74 Å². The Balaban J connectivity index is 1.90. The van der Waals surface area contributed by atoms with E-state index in [4.69, 9.17) is 14.2 Å². The molecule has 1 aliphatic rings. The summed E-state index contributed by atoms with van der Waals surface area (Å²) in [6.07, 6.45) is 0. The Morgan fingerprint density at radius 1 is 1.29 bits per heavy atom. The van der Waals surface area contributed by atoms with E-state index in [0.717, 1.165) is 59.4 Å². The number of hydrogen-bond acceptors (Lipinski definition) is 6. The normalized spacial score (nSPS) is 15.8. The summed E-state index contributed by atoms with van der Waals surface area (Å²) >= 11 is 1.69. The van der Waals surface area contributed by atoms with Crippen molar-refractivity contribution in [1.82, 2.24) is 10.1 Å². The van der Waals surface area contributed by atoms with Gasteiger partial charge in [0.25, 0.3) is 0 Å². The first kappa shape index (κ1) is 12.8. The molecule has 108 valence electrons. The van der Waals surface area contributed by atoms with Crippen LogP contribution in [0.2, 0.25) is 0 Å². The Hall–Kier alpha value is -1.92. The number of anilines is 1. The average molecular weight is 301 g/mol. The van der Waals surface area contributed by atoms with E-state index in [1.54, 1.807) is 11.3 Å². The van der Waals surface area contributed by atoms with Gasteiger partial charge in [-0.1, -0.05) is 11.2 Å². The van der Waals surface area contributed by atoms with Crippen LogP contribution < -0.4 is 4.90 Å². The third kappa shape index (κ3) is 2.20. The molecule has 0 spiro atoms. The van der Waals surface area contributed by atoms with Gasteiger partial charge in [0.15, 0.2) is 0 Å². The van der Waals surface area contributed by atoms with Gasteiger partial charge >= 0.3 is 0 Å². The van der Waals surface area contributed by atoms with Gasteiger partial charge in [0.1, 0.15) is 11.2 Å². The molecule has 4 rings (SSSR count). The number of aryl methyl sites for hydroxylation is 1. The Labute approximate surface area is 126 Å². The van der Waals surface area contributed by atoms with Crippen molar-refractivity contribution in [1.29, 1.82) is 0 Å². The SMILES string of the molecule is Cc1noc2c(N3CCOCC3)cc(-c3cccs3)nc12. The predicted octanol–water partition coefficient (Wildman–Crippen LogP) is 3.10. The highest BCUT2D eigenvalue weighted by Gasteiger charge is 2.20. The molecule has 0 saturated carbocycles. The lowest BCUT2D eigenvalue weighted by molar-refractivity contribution is 0.122. The molecule has 0 aromatic carbocycles. The number of aromatic nitrogens is 2. The molecule has 0 atom stereocenters. The highest BCUT2D eigenvalue weighted by atomic mass is 32.1. The molecule has 3 aromatic heterocycles. The number of thiophene rings is 1. The maximum absolute atomic E-state index is 5.51. The van der Waals surface area contributed by atoms with E-state index in [9.17, 15) is 0 Å². The quantitative estimate of drug-likeness (QED) is 0.728. The van der Waals surface area contributed by atoms with Crippen molar-refractivity contribution in [2.45, 2.75) is 6.92 Å². The minimum Gasteiger partial charge on any atom is -0.378 e. The fourth-order valence-electron chi connectivity index (χ4n) is 2.60. The molecule has 0 aliphatic carbocycles. The molecule has 3 aromatic rings. The van der Waals surface area contributed by atoms with Crippen molar-refractivity contribution in [3.05, 3.63) is 29.3 Å². The van der Waals surface area contributed by atoms with Crippen molar-refractivity contribution >= 4 is 28.1 Å². The van der Waals surface area contributed by atoms with Crippen molar-refractivity contribution < 1.29 is 9.26 Å². The van der Waals surface area contributed by atoms with Crippen molar-refractivity contribution in [2.75, 3.05) is 31.2 Å². The van der Waals surface area contributed by atoms with E-state index < -0.39 is 0 Å². The topological polar surface area (TPSA) is 51.4 Å². The summed E-state index contributed by atoms with van der Waals surface area (Å²) in [6, 6.07) is 6.23. The molecule has 6 heteroatoms.